The summed E-state index contributed by atoms with van der Waals surface area (Å²) in [5, 5.41) is 3.06. The van der Waals surface area contributed by atoms with Crippen LogP contribution < -0.4 is 11.1 Å². The summed E-state index contributed by atoms with van der Waals surface area (Å²) in [5.74, 6) is 0.965. The second-order valence-corrected chi connectivity index (χ2v) is 6.17. The number of carbonyl (C=O) groups is 1. The third-order valence-corrected chi connectivity index (χ3v) is 3.76. The number of nitrogens with zero attached hydrogens (tertiary/aromatic N) is 2. The van der Waals surface area contributed by atoms with E-state index in [1.807, 2.05) is 36.9 Å². The second kappa shape index (κ2) is 9.75. The first-order valence-electron chi connectivity index (χ1n) is 7.92. The number of nitrogens with one attached hydrogen (secondary N) is 1. The van der Waals surface area contributed by atoms with Crippen molar-refractivity contribution in [1.29, 1.82) is 0 Å². The van der Waals surface area contributed by atoms with E-state index in [2.05, 4.69) is 22.4 Å². The first-order valence-corrected chi connectivity index (χ1v) is 7.92. The van der Waals surface area contributed by atoms with E-state index in [4.69, 9.17) is 5.73 Å². The molecule has 0 aromatic heterocycles. The van der Waals surface area contributed by atoms with E-state index in [1.54, 1.807) is 0 Å². The molecule has 1 aliphatic rings. The molecule has 0 aliphatic carbocycles. The number of aliphatic imine (C=N–C) groups is 1. The number of carbonyl (C=O) groups excluding carboxylic acids is 1. The van der Waals surface area contributed by atoms with Crippen LogP contribution in [0.3, 0.4) is 0 Å². The summed E-state index contributed by atoms with van der Waals surface area (Å²) < 4.78 is 0. The van der Waals surface area contributed by atoms with Crippen molar-refractivity contribution in [3.8, 4) is 0 Å². The molecule has 6 heteroatoms. The summed E-state index contributed by atoms with van der Waals surface area (Å²) in [6.45, 7) is 6.21. The van der Waals surface area contributed by atoms with Crippen molar-refractivity contribution in [2.24, 2.45) is 16.6 Å². The number of hydrogen-bond acceptors (Lipinski definition) is 2. The summed E-state index contributed by atoms with van der Waals surface area (Å²) in [6, 6.07) is 10.5. The standard InChI is InChI=1S/C17H26N4O.HI/c1-13(2)20-17(18)19-11-15-10-16(22)21(12-15)9-8-14-6-4-3-5-7-14;/h3-7,13,15H,8-12H2,1-2H3,(H3,18,19,20);1H. The van der Waals surface area contributed by atoms with Gasteiger partial charge in [-0.1, -0.05) is 30.3 Å². The smallest absolute Gasteiger partial charge is 0.223 e. The fourth-order valence-corrected chi connectivity index (χ4v) is 2.67. The van der Waals surface area contributed by atoms with Crippen molar-refractivity contribution in [3.05, 3.63) is 35.9 Å². The Bertz CT molecular complexity index is 519. The lowest BCUT2D eigenvalue weighted by molar-refractivity contribution is -0.127. The van der Waals surface area contributed by atoms with Crippen molar-refractivity contribution < 1.29 is 4.79 Å². The van der Waals surface area contributed by atoms with E-state index in [0.717, 1.165) is 19.5 Å². The van der Waals surface area contributed by atoms with Gasteiger partial charge in [0.1, 0.15) is 0 Å². The lowest BCUT2D eigenvalue weighted by Gasteiger charge is -2.16. The number of guanidine groups is 1. The van der Waals surface area contributed by atoms with E-state index < -0.39 is 0 Å². The summed E-state index contributed by atoms with van der Waals surface area (Å²) in [5.41, 5.74) is 7.06. The van der Waals surface area contributed by atoms with Crippen LogP contribution in [0.4, 0.5) is 0 Å². The van der Waals surface area contributed by atoms with Crippen LogP contribution >= 0.6 is 24.0 Å². The number of rotatable bonds is 6. The van der Waals surface area contributed by atoms with Crippen molar-refractivity contribution in [1.82, 2.24) is 10.2 Å². The molecule has 1 saturated heterocycles. The quantitative estimate of drug-likeness (QED) is 0.412. The van der Waals surface area contributed by atoms with Gasteiger partial charge in [0, 0.05) is 38.0 Å². The van der Waals surface area contributed by atoms with Gasteiger partial charge in [0.15, 0.2) is 5.96 Å². The molecule has 1 unspecified atom stereocenters. The number of halogens is 1. The average Bonchev–Trinajstić information content (AvgIpc) is 2.84. The summed E-state index contributed by atoms with van der Waals surface area (Å²) in [7, 11) is 0. The second-order valence-electron chi connectivity index (χ2n) is 6.17. The molecule has 3 N–H and O–H groups in total. The Morgan fingerprint density at radius 1 is 1.39 bits per heavy atom. The first-order chi connectivity index (χ1) is 10.5. The highest BCUT2D eigenvalue weighted by atomic mass is 127. The molecule has 0 saturated carbocycles. The van der Waals surface area contributed by atoms with Crippen LogP contribution in [0.15, 0.2) is 35.3 Å². The zero-order valence-electron chi connectivity index (χ0n) is 13.9. The number of amides is 1. The zero-order valence-corrected chi connectivity index (χ0v) is 16.2. The highest BCUT2D eigenvalue weighted by molar-refractivity contribution is 14.0. The van der Waals surface area contributed by atoms with Gasteiger partial charge in [0.05, 0.1) is 0 Å². The molecule has 1 fully saturated rings. The van der Waals surface area contributed by atoms with Gasteiger partial charge in [-0.05, 0) is 25.8 Å². The van der Waals surface area contributed by atoms with Crippen LogP contribution in [0, 0.1) is 5.92 Å². The van der Waals surface area contributed by atoms with Gasteiger partial charge >= 0.3 is 0 Å². The minimum Gasteiger partial charge on any atom is -0.370 e. The fraction of sp³-hybridized carbons (Fsp3) is 0.529. The monoisotopic (exact) mass is 430 g/mol. The molecule has 1 heterocycles. The van der Waals surface area contributed by atoms with Gasteiger partial charge in [0.2, 0.25) is 5.91 Å². The van der Waals surface area contributed by atoms with Crippen LogP contribution in [-0.2, 0) is 11.2 Å². The molecule has 23 heavy (non-hydrogen) atoms. The third kappa shape index (κ3) is 6.76. The molecule has 2 rings (SSSR count). The van der Waals surface area contributed by atoms with Gasteiger partial charge in [-0.3, -0.25) is 9.79 Å². The lowest BCUT2D eigenvalue weighted by Crippen LogP contribution is -2.37. The minimum atomic E-state index is 0. The lowest BCUT2D eigenvalue weighted by atomic mass is 10.1. The van der Waals surface area contributed by atoms with E-state index in [-0.39, 0.29) is 41.8 Å². The van der Waals surface area contributed by atoms with E-state index >= 15 is 0 Å². The average molecular weight is 430 g/mol. The Balaban J connectivity index is 0.00000264. The van der Waals surface area contributed by atoms with E-state index in [1.165, 1.54) is 5.56 Å². The van der Waals surface area contributed by atoms with Gasteiger partial charge < -0.3 is 16.0 Å². The van der Waals surface area contributed by atoms with E-state index in [9.17, 15) is 4.79 Å². The number of nitrogens with two attached hydrogens (primary N) is 1. The van der Waals surface area contributed by atoms with Gasteiger partial charge in [0.25, 0.3) is 0 Å². The van der Waals surface area contributed by atoms with Gasteiger partial charge in [-0.2, -0.15) is 0 Å². The SMILES string of the molecule is CC(C)NC(N)=NCC1CC(=O)N(CCc2ccccc2)C1.I. The topological polar surface area (TPSA) is 70.7 Å². The zero-order chi connectivity index (χ0) is 15.9. The minimum absolute atomic E-state index is 0. The van der Waals surface area contributed by atoms with Gasteiger partial charge in [-0.15, -0.1) is 24.0 Å². The number of likely N-dealkylation sites (tertiary alicyclic amines) is 1. The van der Waals surface area contributed by atoms with Crippen molar-refractivity contribution in [3.63, 3.8) is 0 Å². The first kappa shape index (κ1) is 19.7. The van der Waals surface area contributed by atoms with Crippen LogP contribution in [0.2, 0.25) is 0 Å². The molecule has 0 spiro atoms. The van der Waals surface area contributed by atoms with Crippen LogP contribution in [0.25, 0.3) is 0 Å². The Kier molecular flexibility index (Phi) is 8.36. The van der Waals surface area contributed by atoms with Gasteiger partial charge in [-0.25, -0.2) is 0 Å². The highest BCUT2D eigenvalue weighted by Crippen LogP contribution is 2.18. The predicted molar refractivity (Wildman–Crippen MR) is 105 cm³/mol. The molecule has 0 radical (unpaired) electrons. The molecule has 5 nitrogen and oxygen atoms in total. The maximum Gasteiger partial charge on any atom is 0.223 e. The molecular weight excluding hydrogens is 403 g/mol. The Morgan fingerprint density at radius 3 is 2.74 bits per heavy atom. The fourth-order valence-electron chi connectivity index (χ4n) is 2.67. The molecule has 1 atom stereocenters. The third-order valence-electron chi connectivity index (χ3n) is 3.76. The van der Waals surface area contributed by atoms with E-state index in [0.29, 0.717) is 18.9 Å². The normalized spacial score (nSPS) is 18.2. The van der Waals surface area contributed by atoms with Crippen LogP contribution in [0.1, 0.15) is 25.8 Å². The highest BCUT2D eigenvalue weighted by Gasteiger charge is 2.28. The largest absolute Gasteiger partial charge is 0.370 e. The van der Waals surface area contributed by atoms with Crippen molar-refractivity contribution >= 4 is 35.8 Å². The Labute approximate surface area is 155 Å². The van der Waals surface area contributed by atoms with Crippen LogP contribution in [0.5, 0.6) is 0 Å². The van der Waals surface area contributed by atoms with Crippen molar-refractivity contribution in [2.75, 3.05) is 19.6 Å². The van der Waals surface area contributed by atoms with Crippen LogP contribution in [-0.4, -0.2) is 42.4 Å². The van der Waals surface area contributed by atoms with Crippen molar-refractivity contribution in [2.45, 2.75) is 32.7 Å². The predicted octanol–water partition coefficient (Wildman–Crippen LogP) is 2.01. The molecule has 1 amide bonds. The molecule has 1 aromatic carbocycles. The maximum atomic E-state index is 12.1. The molecule has 0 bridgehead atoms. The Hall–Kier alpha value is -1.31. The summed E-state index contributed by atoms with van der Waals surface area (Å²) >= 11 is 0. The summed E-state index contributed by atoms with van der Waals surface area (Å²) in [6.07, 6.45) is 1.48. The maximum absolute atomic E-state index is 12.1. The molecule has 128 valence electrons. The Morgan fingerprint density at radius 2 is 2.09 bits per heavy atom. The molecule has 1 aromatic rings. The number of benzene rings is 1. The molecular formula is C17H27IN4O. The number of hydrogen-bond donors (Lipinski definition) is 2. The summed E-state index contributed by atoms with van der Waals surface area (Å²) in [4.78, 5) is 18.3. The molecule has 1 aliphatic heterocycles.